The summed E-state index contributed by atoms with van der Waals surface area (Å²) in [7, 11) is 0. The van der Waals surface area contributed by atoms with Crippen molar-refractivity contribution in [3.63, 3.8) is 0 Å². The average molecular weight is 588 g/mol. The maximum absolute atomic E-state index is 12.7. The second kappa shape index (κ2) is 24.4. The van der Waals surface area contributed by atoms with Crippen molar-refractivity contribution < 1.29 is 39.8 Å². The van der Waals surface area contributed by atoms with Gasteiger partial charge in [-0.25, -0.2) is 0 Å². The summed E-state index contributed by atoms with van der Waals surface area (Å²) in [5.41, 5.74) is 0. The number of unbranched alkanes of at least 4 members (excludes halogenated alkanes) is 15. The summed E-state index contributed by atoms with van der Waals surface area (Å²) in [5, 5.41) is 53.5. The lowest BCUT2D eigenvalue weighted by molar-refractivity contribution is -0.302. The summed E-state index contributed by atoms with van der Waals surface area (Å²) < 4.78 is 11.1. The maximum Gasteiger partial charge on any atom is 0.220 e. The van der Waals surface area contributed by atoms with Gasteiger partial charge in [0.25, 0.3) is 0 Å². The third-order valence-corrected chi connectivity index (χ3v) is 7.86. The van der Waals surface area contributed by atoms with Crippen LogP contribution in [0, 0.1) is 0 Å². The van der Waals surface area contributed by atoms with Crippen LogP contribution in [0.5, 0.6) is 0 Å². The Labute approximate surface area is 248 Å². The van der Waals surface area contributed by atoms with Crippen LogP contribution in [0.2, 0.25) is 0 Å². The van der Waals surface area contributed by atoms with Crippen molar-refractivity contribution in [2.45, 2.75) is 172 Å². The Bertz CT molecular complexity index is 662. The van der Waals surface area contributed by atoms with Crippen LogP contribution in [0.4, 0.5) is 0 Å². The third-order valence-electron chi connectivity index (χ3n) is 7.86. The molecule has 1 amide bonds. The van der Waals surface area contributed by atoms with Crippen LogP contribution in [0.25, 0.3) is 0 Å². The molecule has 1 rings (SSSR count). The van der Waals surface area contributed by atoms with Crippen LogP contribution < -0.4 is 5.32 Å². The van der Waals surface area contributed by atoms with E-state index in [2.05, 4.69) is 19.2 Å². The van der Waals surface area contributed by atoms with E-state index in [0.717, 1.165) is 38.5 Å². The molecule has 9 heteroatoms. The molecule has 0 saturated carbocycles. The molecule has 0 bridgehead atoms. The highest BCUT2D eigenvalue weighted by Crippen LogP contribution is 2.22. The summed E-state index contributed by atoms with van der Waals surface area (Å²) in [6.07, 6.45) is 15.5. The fourth-order valence-electron chi connectivity index (χ4n) is 5.09. The van der Waals surface area contributed by atoms with Gasteiger partial charge in [-0.05, 0) is 19.3 Å². The Morgan fingerprint density at radius 3 is 1.90 bits per heavy atom. The van der Waals surface area contributed by atoms with Gasteiger partial charge in [0.1, 0.15) is 24.4 Å². The van der Waals surface area contributed by atoms with Crippen molar-refractivity contribution in [1.82, 2.24) is 5.32 Å². The van der Waals surface area contributed by atoms with E-state index in [4.69, 9.17) is 9.47 Å². The van der Waals surface area contributed by atoms with E-state index in [0.29, 0.717) is 6.42 Å². The first-order chi connectivity index (χ1) is 19.8. The third kappa shape index (κ3) is 17.0. The van der Waals surface area contributed by atoms with Gasteiger partial charge < -0.3 is 40.3 Å². The van der Waals surface area contributed by atoms with Gasteiger partial charge in [0.05, 0.1) is 25.4 Å². The predicted octanol–water partition coefficient (Wildman–Crippen LogP) is 4.27. The van der Waals surface area contributed by atoms with Crippen LogP contribution in [-0.4, -0.2) is 87.5 Å². The molecule has 41 heavy (non-hydrogen) atoms. The lowest BCUT2D eigenvalue weighted by atomic mass is 9.99. The summed E-state index contributed by atoms with van der Waals surface area (Å²) in [4.78, 5) is 12.7. The van der Waals surface area contributed by atoms with Crippen LogP contribution in [-0.2, 0) is 14.3 Å². The van der Waals surface area contributed by atoms with E-state index in [1.54, 1.807) is 6.08 Å². The molecule has 7 atom stereocenters. The summed E-state index contributed by atoms with van der Waals surface area (Å²) >= 11 is 0. The number of rotatable bonds is 25. The van der Waals surface area contributed by atoms with Crippen LogP contribution >= 0.6 is 0 Å². The highest BCUT2D eigenvalue weighted by atomic mass is 16.7. The first kappa shape index (κ1) is 38.0. The quantitative estimate of drug-likeness (QED) is 0.0685. The number of amides is 1. The Kier molecular flexibility index (Phi) is 22.6. The second-order valence-electron chi connectivity index (χ2n) is 11.6. The minimum absolute atomic E-state index is 0.185. The van der Waals surface area contributed by atoms with E-state index >= 15 is 0 Å². The van der Waals surface area contributed by atoms with Crippen LogP contribution in [0.1, 0.15) is 129 Å². The summed E-state index contributed by atoms with van der Waals surface area (Å²) in [6.45, 7) is 3.67. The maximum atomic E-state index is 12.7. The molecule has 0 spiro atoms. The highest BCUT2D eigenvalue weighted by molar-refractivity contribution is 5.76. The zero-order chi connectivity index (χ0) is 30.3. The van der Waals surface area contributed by atoms with Crippen molar-refractivity contribution in [3.05, 3.63) is 12.2 Å². The normalized spacial score (nSPS) is 24.5. The van der Waals surface area contributed by atoms with Crippen molar-refractivity contribution in [3.8, 4) is 0 Å². The minimum atomic E-state index is -1.56. The van der Waals surface area contributed by atoms with E-state index in [1.807, 2.05) is 6.08 Å². The van der Waals surface area contributed by atoms with Crippen molar-refractivity contribution in [2.24, 2.45) is 0 Å². The number of carbonyl (C=O) groups excluding carboxylic acids is 1. The number of carbonyl (C=O) groups is 1. The van der Waals surface area contributed by atoms with E-state index in [-0.39, 0.29) is 12.5 Å². The minimum Gasteiger partial charge on any atom is -0.394 e. The summed E-state index contributed by atoms with van der Waals surface area (Å²) in [6, 6.07) is -0.793. The first-order valence-electron chi connectivity index (χ1n) is 16.4. The Morgan fingerprint density at radius 1 is 0.805 bits per heavy atom. The van der Waals surface area contributed by atoms with E-state index in [1.165, 1.54) is 70.6 Å². The van der Waals surface area contributed by atoms with Gasteiger partial charge in [0.15, 0.2) is 6.29 Å². The lowest BCUT2D eigenvalue weighted by Crippen LogP contribution is -2.60. The Balaban J connectivity index is 2.56. The fraction of sp³-hybridized carbons (Fsp3) is 0.906. The molecule has 9 nitrogen and oxygen atoms in total. The monoisotopic (exact) mass is 587 g/mol. The van der Waals surface area contributed by atoms with Crippen molar-refractivity contribution >= 4 is 5.91 Å². The number of nitrogens with one attached hydrogen (secondary N) is 1. The highest BCUT2D eigenvalue weighted by Gasteiger charge is 2.44. The van der Waals surface area contributed by atoms with Gasteiger partial charge in [-0.3, -0.25) is 4.79 Å². The molecule has 0 aliphatic carbocycles. The molecule has 0 aromatic carbocycles. The second-order valence-corrected chi connectivity index (χ2v) is 11.6. The molecule has 0 aromatic heterocycles. The molecule has 2 unspecified atom stereocenters. The molecule has 242 valence electrons. The Hall–Kier alpha value is -1.07. The SMILES string of the molecule is CCCCCCCCC/C=C/[C@@H](O)[C@H](CO[C@@H]1O[C@H](CO)[C@H](O)C(O)C1O)NC(=O)CCCCCCCCCCC. The fourth-order valence-corrected chi connectivity index (χ4v) is 5.09. The molecular formula is C32H61NO8. The van der Waals surface area contributed by atoms with Gasteiger partial charge in [-0.15, -0.1) is 0 Å². The molecule has 1 fully saturated rings. The van der Waals surface area contributed by atoms with E-state index < -0.39 is 49.5 Å². The van der Waals surface area contributed by atoms with Gasteiger partial charge >= 0.3 is 0 Å². The lowest BCUT2D eigenvalue weighted by Gasteiger charge is -2.40. The molecule has 1 saturated heterocycles. The molecule has 0 radical (unpaired) electrons. The van der Waals surface area contributed by atoms with Crippen molar-refractivity contribution in [1.29, 1.82) is 0 Å². The largest absolute Gasteiger partial charge is 0.394 e. The average Bonchev–Trinajstić information content (AvgIpc) is 2.97. The zero-order valence-corrected chi connectivity index (χ0v) is 25.8. The van der Waals surface area contributed by atoms with Crippen LogP contribution in [0.3, 0.4) is 0 Å². The van der Waals surface area contributed by atoms with Crippen LogP contribution in [0.15, 0.2) is 12.2 Å². The number of hydrogen-bond acceptors (Lipinski definition) is 8. The molecule has 1 heterocycles. The topological polar surface area (TPSA) is 149 Å². The van der Waals surface area contributed by atoms with Gasteiger partial charge in [-0.2, -0.15) is 0 Å². The number of ether oxygens (including phenoxy) is 2. The molecular weight excluding hydrogens is 526 g/mol. The molecule has 1 aliphatic rings. The van der Waals surface area contributed by atoms with E-state index in [9.17, 15) is 30.3 Å². The molecule has 6 N–H and O–H groups in total. The molecule has 0 aromatic rings. The van der Waals surface area contributed by atoms with Crippen molar-refractivity contribution in [2.75, 3.05) is 13.2 Å². The van der Waals surface area contributed by atoms with Gasteiger partial charge in [0, 0.05) is 6.42 Å². The standard InChI is InChI=1S/C32H61NO8/c1-3-5-7-9-11-13-15-17-19-21-26(35)25(24-40-32-31(39)30(38)29(37)27(23-34)41-32)33-28(36)22-20-18-16-14-12-10-8-6-4-2/h19,21,25-27,29-32,34-35,37-39H,3-18,20,22-24H2,1-2H3,(H,33,36)/b21-19+/t25-,26+,27+,29-,30?,31?,32+/m0/s1. The zero-order valence-electron chi connectivity index (χ0n) is 25.8. The van der Waals surface area contributed by atoms with Gasteiger partial charge in [0.2, 0.25) is 5.91 Å². The number of aliphatic hydroxyl groups is 5. The predicted molar refractivity (Wildman–Crippen MR) is 161 cm³/mol. The Morgan fingerprint density at radius 2 is 1.34 bits per heavy atom. The first-order valence-corrected chi connectivity index (χ1v) is 16.4. The van der Waals surface area contributed by atoms with Gasteiger partial charge in [-0.1, -0.05) is 116 Å². The number of hydrogen-bond donors (Lipinski definition) is 6. The molecule has 1 aliphatic heterocycles. The summed E-state index contributed by atoms with van der Waals surface area (Å²) in [5.74, 6) is -0.185. The number of allylic oxidation sites excluding steroid dienone is 1. The number of aliphatic hydroxyl groups excluding tert-OH is 5. The smallest absolute Gasteiger partial charge is 0.220 e.